The molecule has 2 aromatic heterocycles. The Morgan fingerprint density at radius 1 is 0.846 bits per heavy atom. The molecule has 0 N–H and O–H groups in total. The van der Waals surface area contributed by atoms with Gasteiger partial charge in [-0.1, -0.05) is 30.4 Å². The van der Waals surface area contributed by atoms with E-state index in [4.69, 9.17) is 0 Å². The van der Waals surface area contributed by atoms with Gasteiger partial charge in [0.05, 0.1) is 11.0 Å². The zero-order chi connectivity index (χ0) is 17.8. The normalized spacial score (nSPS) is 13.8. The number of thiol groups is 1. The molecule has 0 fully saturated rings. The molecule has 2 aromatic carbocycles. The topological polar surface area (TPSA) is 25.8 Å². The van der Waals surface area contributed by atoms with Crippen molar-refractivity contribution >= 4 is 36.8 Å². The minimum absolute atomic E-state index is 0.301. The Labute approximate surface area is 166 Å². The number of allylic oxidation sites excluding steroid dienone is 2. The van der Waals surface area contributed by atoms with E-state index in [0.29, 0.717) is 0 Å². The van der Waals surface area contributed by atoms with Gasteiger partial charge in [-0.05, 0) is 22.9 Å². The second-order valence-corrected chi connectivity index (χ2v) is 8.90. The minimum atomic E-state index is -0.301. The third-order valence-corrected chi connectivity index (χ3v) is 6.54. The first kappa shape index (κ1) is 17.2. The molecule has 1 aliphatic heterocycles. The average Bonchev–Trinajstić information content (AvgIpc) is 3.23. The summed E-state index contributed by atoms with van der Waals surface area (Å²) in [6.45, 7) is 0. The zero-order valence-electron chi connectivity index (χ0n) is 13.8. The fourth-order valence-corrected chi connectivity index (χ4v) is 4.66. The average molecular weight is 533 g/mol. The third kappa shape index (κ3) is 3.78. The van der Waals surface area contributed by atoms with E-state index >= 15 is 0 Å². The van der Waals surface area contributed by atoms with E-state index in [2.05, 4.69) is 63.3 Å². The molecule has 0 spiro atoms. The van der Waals surface area contributed by atoms with Crippen molar-refractivity contribution in [3.8, 4) is 0 Å². The first-order valence-electron chi connectivity index (χ1n) is 8.18. The second kappa shape index (κ2) is 7.96. The van der Waals surface area contributed by atoms with E-state index in [9.17, 15) is 0 Å². The molecule has 26 heavy (non-hydrogen) atoms. The summed E-state index contributed by atoms with van der Waals surface area (Å²) in [7, 11) is -0.301. The van der Waals surface area contributed by atoms with Gasteiger partial charge in [-0.25, -0.2) is 0 Å². The molecule has 4 aromatic rings. The summed E-state index contributed by atoms with van der Waals surface area (Å²) < 4.78 is 1.20. The van der Waals surface area contributed by atoms with Crippen molar-refractivity contribution in [2.24, 2.45) is 0 Å². The van der Waals surface area contributed by atoms with Crippen molar-refractivity contribution < 1.29 is 18.9 Å². The molecule has 0 unspecified atom stereocenters. The number of hydrogen-bond donors (Lipinski definition) is 1. The predicted octanol–water partition coefficient (Wildman–Crippen LogP) is 4.84. The number of aromatic nitrogens is 2. The van der Waals surface area contributed by atoms with Crippen molar-refractivity contribution in [2.75, 3.05) is 0 Å². The fraction of sp³-hybridized carbons (Fsp3) is 0. The van der Waals surface area contributed by atoms with Crippen LogP contribution in [0.1, 0.15) is 0 Å². The maximum atomic E-state index is 4.64. The van der Waals surface area contributed by atoms with Crippen LogP contribution in [-0.4, -0.2) is 9.97 Å². The number of rotatable bonds is 1. The Hall–Kier alpha value is -2.26. The summed E-state index contributed by atoms with van der Waals surface area (Å²) in [4.78, 5) is 10.4. The van der Waals surface area contributed by atoms with Crippen molar-refractivity contribution in [3.63, 3.8) is 0 Å². The SMILES string of the molecule is C1=C[SH](c2cnc3c(ccc4cccnc43)c2)C=C1.[Ir][c]1[c]cccc1. The van der Waals surface area contributed by atoms with Crippen LogP contribution >= 0.6 is 10.9 Å². The van der Waals surface area contributed by atoms with E-state index in [1.807, 2.05) is 61.6 Å². The third-order valence-electron chi connectivity index (χ3n) is 3.97. The molecular formula is C22H16IrN2S. The van der Waals surface area contributed by atoms with Crippen LogP contribution < -0.4 is 4.08 Å². The van der Waals surface area contributed by atoms with E-state index in [0.717, 1.165) is 16.4 Å². The van der Waals surface area contributed by atoms with Gasteiger partial charge in [-0.3, -0.25) is 9.97 Å². The molecule has 4 heteroatoms. The van der Waals surface area contributed by atoms with Crippen LogP contribution in [0.4, 0.5) is 0 Å². The Morgan fingerprint density at radius 3 is 2.38 bits per heavy atom. The molecule has 129 valence electrons. The number of pyridine rings is 2. The summed E-state index contributed by atoms with van der Waals surface area (Å²) in [5, 5.41) is 6.80. The van der Waals surface area contributed by atoms with Crippen LogP contribution in [0.25, 0.3) is 21.8 Å². The molecule has 1 aliphatic rings. The zero-order valence-corrected chi connectivity index (χ0v) is 17.1. The van der Waals surface area contributed by atoms with Crippen LogP contribution in [0.3, 0.4) is 0 Å². The van der Waals surface area contributed by atoms with Gasteiger partial charge in [0, 0.05) is 28.1 Å². The summed E-state index contributed by atoms with van der Waals surface area (Å²) in [5.74, 6) is 0. The van der Waals surface area contributed by atoms with E-state index in [-0.39, 0.29) is 10.9 Å². The van der Waals surface area contributed by atoms with E-state index < -0.39 is 0 Å². The van der Waals surface area contributed by atoms with Crippen LogP contribution in [0.2, 0.25) is 0 Å². The number of fused-ring (bicyclic) bond motifs is 3. The number of hydrogen-bond acceptors (Lipinski definition) is 2. The van der Waals surface area contributed by atoms with Crippen molar-refractivity contribution in [3.05, 3.63) is 96.0 Å². The molecule has 5 rings (SSSR count). The maximum absolute atomic E-state index is 4.64. The molecule has 0 bridgehead atoms. The predicted molar refractivity (Wildman–Crippen MR) is 107 cm³/mol. The fourth-order valence-electron chi connectivity index (χ4n) is 2.74. The van der Waals surface area contributed by atoms with Crippen LogP contribution in [-0.2, 0) is 18.9 Å². The Balaban J connectivity index is 0.000000204. The van der Waals surface area contributed by atoms with Crippen molar-refractivity contribution in [1.29, 1.82) is 0 Å². The first-order chi connectivity index (χ1) is 12.8. The standard InChI is InChI=1S/C16H12N2S.C6H4.Ir/c1-2-9-19(8-1)14-10-13-6-5-12-4-3-7-17-15(12)16(13)18-11-14;1-2-4-6-5-3-1;/h1-11,19H;1-4H;. The molecule has 0 atom stereocenters. The van der Waals surface area contributed by atoms with E-state index in [1.54, 1.807) is 0 Å². The molecule has 0 aliphatic carbocycles. The van der Waals surface area contributed by atoms with Gasteiger partial charge >= 0.3 is 53.3 Å². The Bertz CT molecular complexity index is 1090. The molecule has 0 amide bonds. The molecule has 0 saturated carbocycles. The number of benzene rings is 2. The molecule has 0 saturated heterocycles. The second-order valence-electron chi connectivity index (χ2n) is 5.68. The summed E-state index contributed by atoms with van der Waals surface area (Å²) in [6.07, 6.45) is 8.03. The van der Waals surface area contributed by atoms with Gasteiger partial charge in [0.25, 0.3) is 0 Å². The van der Waals surface area contributed by atoms with E-state index in [1.165, 1.54) is 14.4 Å². The van der Waals surface area contributed by atoms with Gasteiger partial charge in [0.1, 0.15) is 0 Å². The van der Waals surface area contributed by atoms with Gasteiger partial charge in [0.2, 0.25) is 0 Å². The molecule has 1 radical (unpaired) electrons. The first-order valence-corrected chi connectivity index (χ1v) is 10.9. The van der Waals surface area contributed by atoms with Gasteiger partial charge in [-0.2, -0.15) is 10.9 Å². The summed E-state index contributed by atoms with van der Waals surface area (Å²) in [5.41, 5.74) is 1.97. The van der Waals surface area contributed by atoms with Crippen molar-refractivity contribution in [2.45, 2.75) is 4.90 Å². The van der Waals surface area contributed by atoms with Crippen molar-refractivity contribution in [1.82, 2.24) is 9.97 Å². The molecule has 3 heterocycles. The number of nitrogens with zero attached hydrogens (tertiary/aromatic N) is 2. The summed E-state index contributed by atoms with van der Waals surface area (Å²) >= 11 is 2.03. The monoisotopic (exact) mass is 533 g/mol. The summed E-state index contributed by atoms with van der Waals surface area (Å²) in [6, 6.07) is 21.5. The molecular weight excluding hydrogens is 517 g/mol. The van der Waals surface area contributed by atoms with Gasteiger partial charge in [-0.15, -0.1) is 0 Å². The quantitative estimate of drug-likeness (QED) is 0.280. The van der Waals surface area contributed by atoms with Crippen LogP contribution in [0.5, 0.6) is 0 Å². The van der Waals surface area contributed by atoms with Crippen LogP contribution in [0.15, 0.2) is 94.9 Å². The molecule has 2 nitrogen and oxygen atoms in total. The van der Waals surface area contributed by atoms with Gasteiger partial charge < -0.3 is 0 Å². The Kier molecular flexibility index (Phi) is 5.26. The Morgan fingerprint density at radius 2 is 1.65 bits per heavy atom. The van der Waals surface area contributed by atoms with Crippen LogP contribution in [0, 0.1) is 6.07 Å². The van der Waals surface area contributed by atoms with Gasteiger partial charge in [0.15, 0.2) is 0 Å².